The van der Waals surface area contributed by atoms with Crippen molar-refractivity contribution < 1.29 is 0 Å². The highest BCUT2D eigenvalue weighted by molar-refractivity contribution is 7.11. The molecule has 0 aliphatic heterocycles. The molecule has 1 aromatic carbocycles. The minimum atomic E-state index is 0.101. The average Bonchev–Trinajstić information content (AvgIpc) is 3.18. The Kier molecular flexibility index (Phi) is 3.82. The number of anilines is 1. The van der Waals surface area contributed by atoms with Crippen LogP contribution in [0, 0.1) is 11.3 Å². The fourth-order valence-corrected chi connectivity index (χ4v) is 3.72. The Bertz CT molecular complexity index is 675. The van der Waals surface area contributed by atoms with Crippen LogP contribution in [0.2, 0.25) is 0 Å². The number of rotatable bonds is 4. The third kappa shape index (κ3) is 2.60. The summed E-state index contributed by atoms with van der Waals surface area (Å²) in [6, 6.07) is 18.3. The smallest absolute Gasteiger partial charge is 0.101 e. The molecular weight excluding hydrogens is 284 g/mol. The van der Waals surface area contributed by atoms with Gasteiger partial charge in [0, 0.05) is 9.75 Å². The van der Waals surface area contributed by atoms with E-state index >= 15 is 0 Å². The molecule has 0 aliphatic rings. The lowest BCUT2D eigenvalue weighted by molar-refractivity contribution is 0.991. The molecule has 2 heterocycles. The zero-order valence-corrected chi connectivity index (χ0v) is 12.2. The van der Waals surface area contributed by atoms with E-state index in [9.17, 15) is 5.26 Å². The summed E-state index contributed by atoms with van der Waals surface area (Å²) in [6.45, 7) is 0. The molecule has 0 spiro atoms. The number of benzene rings is 1. The third-order valence-electron chi connectivity index (χ3n) is 3.00. The summed E-state index contributed by atoms with van der Waals surface area (Å²) in [4.78, 5) is 2.50. The number of nitrogens with zero attached hydrogens (tertiary/aromatic N) is 1. The van der Waals surface area contributed by atoms with E-state index < -0.39 is 0 Å². The molecule has 0 amide bonds. The molecule has 98 valence electrons. The van der Waals surface area contributed by atoms with Crippen LogP contribution in [0.1, 0.15) is 21.4 Å². The molecule has 3 aromatic rings. The molecule has 20 heavy (non-hydrogen) atoms. The summed E-state index contributed by atoms with van der Waals surface area (Å²) in [6.07, 6.45) is 0. The van der Waals surface area contributed by atoms with Crippen molar-refractivity contribution in [3.05, 3.63) is 74.6 Å². The molecule has 0 atom stereocenters. The van der Waals surface area contributed by atoms with Crippen LogP contribution in [0.4, 0.5) is 5.69 Å². The molecule has 0 aliphatic carbocycles. The number of nitriles is 1. The first-order valence-electron chi connectivity index (χ1n) is 6.21. The number of para-hydroxylation sites is 1. The van der Waals surface area contributed by atoms with Gasteiger partial charge in [-0.05, 0) is 35.0 Å². The van der Waals surface area contributed by atoms with Crippen LogP contribution in [-0.4, -0.2) is 0 Å². The van der Waals surface area contributed by atoms with Gasteiger partial charge in [-0.25, -0.2) is 0 Å². The highest BCUT2D eigenvalue weighted by Gasteiger charge is 2.17. The average molecular weight is 296 g/mol. The Balaban J connectivity index is 1.98. The maximum absolute atomic E-state index is 9.21. The van der Waals surface area contributed by atoms with Crippen LogP contribution in [0.5, 0.6) is 0 Å². The quantitative estimate of drug-likeness (QED) is 0.744. The maximum atomic E-state index is 9.21. The minimum absolute atomic E-state index is 0.101. The number of thiophene rings is 2. The van der Waals surface area contributed by atoms with Gasteiger partial charge in [0.2, 0.25) is 0 Å². The van der Waals surface area contributed by atoms with E-state index in [4.69, 9.17) is 0 Å². The highest BCUT2D eigenvalue weighted by Crippen LogP contribution is 2.33. The second-order valence-electron chi connectivity index (χ2n) is 4.27. The van der Waals surface area contributed by atoms with E-state index in [1.54, 1.807) is 22.7 Å². The highest BCUT2D eigenvalue weighted by atomic mass is 32.1. The predicted molar refractivity (Wildman–Crippen MR) is 85.3 cm³/mol. The van der Waals surface area contributed by atoms with Crippen LogP contribution in [0.25, 0.3) is 0 Å². The molecule has 2 nitrogen and oxygen atoms in total. The van der Waals surface area contributed by atoms with Gasteiger partial charge in [0.25, 0.3) is 0 Å². The third-order valence-corrected chi connectivity index (χ3v) is 4.88. The zero-order chi connectivity index (χ0) is 13.8. The Labute approximate surface area is 125 Å². The first-order valence-corrected chi connectivity index (χ1v) is 7.97. The Morgan fingerprint density at radius 1 is 0.900 bits per heavy atom. The molecule has 0 fully saturated rings. The Morgan fingerprint density at radius 2 is 1.55 bits per heavy atom. The van der Waals surface area contributed by atoms with Crippen LogP contribution < -0.4 is 5.32 Å². The summed E-state index contributed by atoms with van der Waals surface area (Å²) in [5, 5.41) is 16.9. The summed E-state index contributed by atoms with van der Waals surface area (Å²) in [7, 11) is 0. The van der Waals surface area contributed by atoms with Gasteiger partial charge in [-0.3, -0.25) is 0 Å². The number of nitrogens with one attached hydrogen (secondary N) is 1. The molecule has 0 unspecified atom stereocenters. The van der Waals surface area contributed by atoms with Crippen molar-refractivity contribution in [3.8, 4) is 6.07 Å². The molecule has 0 bridgehead atoms. The first-order chi connectivity index (χ1) is 9.88. The largest absolute Gasteiger partial charge is 0.372 e. The first kappa shape index (κ1) is 12.9. The molecular formula is C16H12N2S2. The lowest BCUT2D eigenvalue weighted by Crippen LogP contribution is -2.10. The van der Waals surface area contributed by atoms with Gasteiger partial charge in [-0.15, -0.1) is 22.7 Å². The normalized spacial score (nSPS) is 10.4. The summed E-state index contributed by atoms with van der Waals surface area (Å²) >= 11 is 3.45. The van der Waals surface area contributed by atoms with E-state index in [0.717, 1.165) is 5.69 Å². The van der Waals surface area contributed by atoms with Crippen molar-refractivity contribution in [2.45, 2.75) is 6.04 Å². The van der Waals surface area contributed by atoms with Gasteiger partial charge in [0.15, 0.2) is 0 Å². The van der Waals surface area contributed by atoms with Gasteiger partial charge in [-0.1, -0.05) is 24.3 Å². The van der Waals surface area contributed by atoms with E-state index in [0.29, 0.717) is 5.56 Å². The van der Waals surface area contributed by atoms with Crippen LogP contribution in [-0.2, 0) is 0 Å². The fourth-order valence-electron chi connectivity index (χ4n) is 2.06. The SMILES string of the molecule is N#Cc1ccccc1NC(c1cccs1)c1cccs1. The Hall–Kier alpha value is -2.09. The molecule has 2 aromatic heterocycles. The Morgan fingerprint density at radius 3 is 2.10 bits per heavy atom. The minimum Gasteiger partial charge on any atom is -0.372 e. The lowest BCUT2D eigenvalue weighted by atomic mass is 10.1. The van der Waals surface area contributed by atoms with Gasteiger partial charge in [0.1, 0.15) is 6.07 Å². The van der Waals surface area contributed by atoms with Crippen LogP contribution >= 0.6 is 22.7 Å². The predicted octanol–water partition coefficient (Wildman–Crippen LogP) is 4.88. The fraction of sp³-hybridized carbons (Fsp3) is 0.0625. The van der Waals surface area contributed by atoms with E-state index in [-0.39, 0.29) is 6.04 Å². The van der Waals surface area contributed by atoms with Crippen molar-refractivity contribution in [2.24, 2.45) is 0 Å². The topological polar surface area (TPSA) is 35.8 Å². The monoisotopic (exact) mass is 296 g/mol. The lowest BCUT2D eigenvalue weighted by Gasteiger charge is -2.18. The van der Waals surface area contributed by atoms with Gasteiger partial charge < -0.3 is 5.32 Å². The molecule has 4 heteroatoms. The van der Waals surface area contributed by atoms with Crippen molar-refractivity contribution >= 4 is 28.4 Å². The molecule has 3 rings (SSSR count). The van der Waals surface area contributed by atoms with Crippen molar-refractivity contribution in [1.29, 1.82) is 5.26 Å². The molecule has 0 saturated carbocycles. The molecule has 0 radical (unpaired) electrons. The van der Waals surface area contributed by atoms with Gasteiger partial charge in [0.05, 0.1) is 17.3 Å². The van der Waals surface area contributed by atoms with Crippen molar-refractivity contribution in [3.63, 3.8) is 0 Å². The van der Waals surface area contributed by atoms with Crippen molar-refractivity contribution in [1.82, 2.24) is 0 Å². The standard InChI is InChI=1S/C16H12N2S2/c17-11-12-5-1-2-6-13(12)18-16(14-7-3-9-19-14)15-8-4-10-20-15/h1-10,16,18H. The zero-order valence-electron chi connectivity index (χ0n) is 10.6. The summed E-state index contributed by atoms with van der Waals surface area (Å²) in [5.41, 5.74) is 1.55. The molecule has 0 saturated heterocycles. The second kappa shape index (κ2) is 5.91. The van der Waals surface area contributed by atoms with Crippen molar-refractivity contribution in [2.75, 3.05) is 5.32 Å². The van der Waals surface area contributed by atoms with Gasteiger partial charge in [-0.2, -0.15) is 5.26 Å². The van der Waals surface area contributed by atoms with Crippen LogP contribution in [0.3, 0.4) is 0 Å². The van der Waals surface area contributed by atoms with E-state index in [2.05, 4.69) is 46.4 Å². The summed E-state index contributed by atoms with van der Waals surface area (Å²) in [5.74, 6) is 0. The summed E-state index contributed by atoms with van der Waals surface area (Å²) < 4.78 is 0. The molecule has 1 N–H and O–H groups in total. The number of hydrogen-bond acceptors (Lipinski definition) is 4. The number of hydrogen-bond donors (Lipinski definition) is 1. The van der Waals surface area contributed by atoms with E-state index in [1.807, 2.05) is 24.3 Å². The van der Waals surface area contributed by atoms with Gasteiger partial charge >= 0.3 is 0 Å². The van der Waals surface area contributed by atoms with Crippen LogP contribution in [0.15, 0.2) is 59.3 Å². The van der Waals surface area contributed by atoms with E-state index in [1.165, 1.54) is 9.75 Å². The second-order valence-corrected chi connectivity index (χ2v) is 6.22. The maximum Gasteiger partial charge on any atom is 0.101 e.